The van der Waals surface area contributed by atoms with Crippen LogP contribution in [0, 0.1) is 5.82 Å². The molecule has 0 saturated carbocycles. The minimum Gasteiger partial charge on any atom is -0.339 e. The molecular formula is C16H19FN4O2S. The highest BCUT2D eigenvalue weighted by Crippen LogP contribution is 2.22. The van der Waals surface area contributed by atoms with Crippen molar-refractivity contribution in [2.45, 2.75) is 18.2 Å². The minimum absolute atomic E-state index is 0.0200. The van der Waals surface area contributed by atoms with Crippen LogP contribution in [-0.4, -0.2) is 48.9 Å². The molecule has 0 amide bonds. The minimum atomic E-state index is -3.40. The van der Waals surface area contributed by atoms with Gasteiger partial charge in [-0.25, -0.2) is 22.8 Å². The highest BCUT2D eigenvalue weighted by Gasteiger charge is 2.33. The van der Waals surface area contributed by atoms with Gasteiger partial charge in [-0.2, -0.15) is 4.31 Å². The van der Waals surface area contributed by atoms with Gasteiger partial charge >= 0.3 is 0 Å². The number of rotatable bonds is 5. The second kappa shape index (κ2) is 6.82. The van der Waals surface area contributed by atoms with Crippen molar-refractivity contribution >= 4 is 16.0 Å². The summed E-state index contributed by atoms with van der Waals surface area (Å²) in [5.41, 5.74) is 0.765. The van der Waals surface area contributed by atoms with E-state index in [2.05, 4.69) is 9.97 Å². The number of benzene rings is 1. The molecule has 1 aromatic heterocycles. The monoisotopic (exact) mass is 350 g/mol. The predicted molar refractivity (Wildman–Crippen MR) is 89.4 cm³/mol. The van der Waals surface area contributed by atoms with Crippen molar-refractivity contribution in [2.24, 2.45) is 0 Å². The maximum Gasteiger partial charge on any atom is 0.225 e. The van der Waals surface area contributed by atoms with Crippen molar-refractivity contribution in [3.63, 3.8) is 0 Å². The Morgan fingerprint density at radius 3 is 2.58 bits per heavy atom. The summed E-state index contributed by atoms with van der Waals surface area (Å²) in [6, 6.07) is 8.98. The zero-order valence-corrected chi connectivity index (χ0v) is 14.2. The second-order valence-electron chi connectivity index (χ2n) is 5.85. The zero-order chi connectivity index (χ0) is 17.2. The van der Waals surface area contributed by atoms with Crippen molar-refractivity contribution in [3.8, 4) is 0 Å². The van der Waals surface area contributed by atoms with Gasteiger partial charge in [0.25, 0.3) is 0 Å². The maximum atomic E-state index is 12.9. The van der Waals surface area contributed by atoms with E-state index in [1.54, 1.807) is 19.2 Å². The van der Waals surface area contributed by atoms with Crippen LogP contribution in [-0.2, 0) is 15.8 Å². The number of hydrogen-bond acceptors (Lipinski definition) is 5. The standard InChI is InChI=1S/C16H19FN4O2S/c1-20(24(22,23)12-13-5-3-2-4-6-13)15-7-8-21(11-15)16-18-9-14(17)10-19-16/h2-6,9-10,15H,7-8,11-12H2,1H3. The van der Waals surface area contributed by atoms with Crippen molar-refractivity contribution in [3.05, 3.63) is 54.1 Å². The molecule has 0 bridgehead atoms. The van der Waals surface area contributed by atoms with Crippen molar-refractivity contribution in [1.29, 1.82) is 0 Å². The SMILES string of the molecule is CN(C1CCN(c2ncc(F)cn2)C1)S(=O)(=O)Cc1ccccc1. The van der Waals surface area contributed by atoms with Crippen LogP contribution in [0.2, 0.25) is 0 Å². The van der Waals surface area contributed by atoms with Crippen LogP contribution in [0.3, 0.4) is 0 Å². The summed E-state index contributed by atoms with van der Waals surface area (Å²) < 4.78 is 39.5. The summed E-state index contributed by atoms with van der Waals surface area (Å²) in [6.45, 7) is 1.14. The number of anilines is 1. The van der Waals surface area contributed by atoms with Gasteiger partial charge in [0.2, 0.25) is 16.0 Å². The molecule has 128 valence electrons. The first-order chi connectivity index (χ1) is 11.5. The Morgan fingerprint density at radius 2 is 1.92 bits per heavy atom. The molecule has 1 aromatic carbocycles. The van der Waals surface area contributed by atoms with Crippen LogP contribution >= 0.6 is 0 Å². The molecule has 1 aliphatic heterocycles. The van der Waals surface area contributed by atoms with Crippen LogP contribution in [0.15, 0.2) is 42.7 Å². The fourth-order valence-electron chi connectivity index (χ4n) is 2.80. The molecule has 0 aliphatic carbocycles. The molecule has 1 fully saturated rings. The van der Waals surface area contributed by atoms with Crippen LogP contribution in [0.4, 0.5) is 10.3 Å². The lowest BCUT2D eigenvalue weighted by atomic mass is 10.2. The quantitative estimate of drug-likeness (QED) is 0.820. The molecule has 0 spiro atoms. The smallest absolute Gasteiger partial charge is 0.225 e. The van der Waals surface area contributed by atoms with E-state index < -0.39 is 15.8 Å². The Bertz CT molecular complexity index is 783. The molecule has 0 radical (unpaired) electrons. The van der Waals surface area contributed by atoms with E-state index in [4.69, 9.17) is 0 Å². The largest absolute Gasteiger partial charge is 0.339 e. The van der Waals surface area contributed by atoms with Gasteiger partial charge in [0.1, 0.15) is 0 Å². The number of likely N-dealkylation sites (N-methyl/N-ethyl adjacent to an activating group) is 1. The van der Waals surface area contributed by atoms with Gasteiger partial charge in [-0.3, -0.25) is 0 Å². The summed E-state index contributed by atoms with van der Waals surface area (Å²) in [6.07, 6.45) is 2.92. The molecular weight excluding hydrogens is 331 g/mol. The molecule has 2 heterocycles. The number of hydrogen-bond donors (Lipinski definition) is 0. The third kappa shape index (κ3) is 3.70. The third-order valence-corrected chi connectivity index (χ3v) is 6.07. The van der Waals surface area contributed by atoms with Crippen molar-refractivity contribution < 1.29 is 12.8 Å². The lowest BCUT2D eigenvalue weighted by Crippen LogP contribution is -2.39. The summed E-state index contributed by atoms with van der Waals surface area (Å²) in [5, 5.41) is 0. The van der Waals surface area contributed by atoms with Crippen LogP contribution in [0.25, 0.3) is 0 Å². The molecule has 3 rings (SSSR count). The summed E-state index contributed by atoms with van der Waals surface area (Å²) in [7, 11) is -1.79. The number of aromatic nitrogens is 2. The van der Waals surface area contributed by atoms with Gasteiger partial charge < -0.3 is 4.90 Å². The van der Waals surface area contributed by atoms with E-state index in [-0.39, 0.29) is 11.8 Å². The maximum absolute atomic E-state index is 12.9. The topological polar surface area (TPSA) is 66.4 Å². The van der Waals surface area contributed by atoms with E-state index in [0.717, 1.165) is 18.0 Å². The molecule has 0 N–H and O–H groups in total. The summed E-state index contributed by atoms with van der Waals surface area (Å²) >= 11 is 0. The van der Waals surface area contributed by atoms with E-state index in [9.17, 15) is 12.8 Å². The van der Waals surface area contributed by atoms with Crippen LogP contribution in [0.1, 0.15) is 12.0 Å². The van der Waals surface area contributed by atoms with E-state index >= 15 is 0 Å². The third-order valence-electron chi connectivity index (χ3n) is 4.20. The van der Waals surface area contributed by atoms with Gasteiger partial charge in [0.15, 0.2) is 5.82 Å². The Morgan fingerprint density at radius 1 is 1.25 bits per heavy atom. The van der Waals surface area contributed by atoms with Crippen LogP contribution < -0.4 is 4.90 Å². The first kappa shape index (κ1) is 16.8. The van der Waals surface area contributed by atoms with E-state index in [1.165, 1.54) is 4.31 Å². The molecule has 2 aromatic rings. The first-order valence-corrected chi connectivity index (χ1v) is 9.29. The molecule has 1 unspecified atom stereocenters. The highest BCUT2D eigenvalue weighted by molar-refractivity contribution is 7.88. The van der Waals surface area contributed by atoms with Gasteiger partial charge in [-0.05, 0) is 12.0 Å². The first-order valence-electron chi connectivity index (χ1n) is 7.68. The van der Waals surface area contributed by atoms with Gasteiger partial charge in [0, 0.05) is 26.2 Å². The van der Waals surface area contributed by atoms with Gasteiger partial charge in [-0.15, -0.1) is 0 Å². The number of nitrogens with zero attached hydrogens (tertiary/aromatic N) is 4. The molecule has 6 nitrogen and oxygen atoms in total. The summed E-state index contributed by atoms with van der Waals surface area (Å²) in [4.78, 5) is 9.79. The highest BCUT2D eigenvalue weighted by atomic mass is 32.2. The van der Waals surface area contributed by atoms with E-state index in [1.807, 2.05) is 23.1 Å². The number of sulfonamides is 1. The Hall–Kier alpha value is -2.06. The van der Waals surface area contributed by atoms with Gasteiger partial charge in [0.05, 0.1) is 18.1 Å². The lowest BCUT2D eigenvalue weighted by Gasteiger charge is -2.24. The fourth-order valence-corrected chi connectivity index (χ4v) is 4.25. The average Bonchev–Trinajstić information content (AvgIpc) is 3.05. The predicted octanol–water partition coefficient (Wildman–Crippen LogP) is 1.66. The Kier molecular flexibility index (Phi) is 4.77. The van der Waals surface area contributed by atoms with Crippen LogP contribution in [0.5, 0.6) is 0 Å². The second-order valence-corrected chi connectivity index (χ2v) is 7.88. The van der Waals surface area contributed by atoms with Gasteiger partial charge in [-0.1, -0.05) is 30.3 Å². The molecule has 1 aliphatic rings. The Labute approximate surface area is 141 Å². The van der Waals surface area contributed by atoms with E-state index in [0.29, 0.717) is 25.5 Å². The molecule has 24 heavy (non-hydrogen) atoms. The van der Waals surface area contributed by atoms with Crippen molar-refractivity contribution in [1.82, 2.24) is 14.3 Å². The average molecular weight is 350 g/mol. The summed E-state index contributed by atoms with van der Waals surface area (Å²) in [5.74, 6) is -0.0849. The number of halogens is 1. The zero-order valence-electron chi connectivity index (χ0n) is 13.3. The van der Waals surface area contributed by atoms with Crippen molar-refractivity contribution in [2.75, 3.05) is 25.0 Å². The Balaban J connectivity index is 1.67. The normalized spacial score (nSPS) is 18.3. The lowest BCUT2D eigenvalue weighted by molar-refractivity contribution is 0.389. The molecule has 1 atom stereocenters. The molecule has 8 heteroatoms. The fraction of sp³-hybridized carbons (Fsp3) is 0.375. The molecule has 1 saturated heterocycles.